The molecule has 41 heavy (non-hydrogen) atoms. The maximum Gasteiger partial charge on any atom is 0.415 e. The summed E-state index contributed by atoms with van der Waals surface area (Å²) in [5.74, 6) is -1.02. The standard InChI is InChI=1S/C29H40N4O7S/c1-21-8-14-25(15-9-21)41(37,38)31(7)20-26(34)33(22(2)27(35)40-29(3,4)5)23-10-12-24(13-11-23)39-28(36)32-18-16-30(6)17-19-32/h8-15,22H,16-20H2,1-7H3/t22-/m0/s1. The van der Waals surface area contributed by atoms with E-state index in [1.807, 2.05) is 14.0 Å². The van der Waals surface area contributed by atoms with E-state index in [4.69, 9.17) is 9.47 Å². The lowest BCUT2D eigenvalue weighted by Gasteiger charge is -2.32. The minimum Gasteiger partial charge on any atom is -0.458 e. The zero-order valence-electron chi connectivity index (χ0n) is 24.8. The first kappa shape index (κ1) is 32.0. The molecule has 11 nitrogen and oxygen atoms in total. The molecule has 1 aliphatic rings. The number of carbonyl (C=O) groups excluding carboxylic acids is 3. The second-order valence-electron chi connectivity index (χ2n) is 11.2. The number of likely N-dealkylation sites (N-methyl/N-ethyl adjacent to an activating group) is 2. The first-order valence-electron chi connectivity index (χ1n) is 13.4. The second-order valence-corrected chi connectivity index (χ2v) is 13.2. The van der Waals surface area contributed by atoms with Gasteiger partial charge in [0.1, 0.15) is 17.4 Å². The van der Waals surface area contributed by atoms with Gasteiger partial charge < -0.3 is 19.3 Å². The van der Waals surface area contributed by atoms with Crippen LogP contribution >= 0.6 is 0 Å². The summed E-state index contributed by atoms with van der Waals surface area (Å²) in [6.45, 7) is 10.6. The monoisotopic (exact) mass is 588 g/mol. The van der Waals surface area contributed by atoms with Crippen molar-refractivity contribution in [1.29, 1.82) is 0 Å². The normalized spacial score (nSPS) is 15.4. The third-order valence-electron chi connectivity index (χ3n) is 6.57. The highest BCUT2D eigenvalue weighted by Gasteiger charge is 2.33. The largest absolute Gasteiger partial charge is 0.458 e. The van der Waals surface area contributed by atoms with E-state index in [9.17, 15) is 22.8 Å². The van der Waals surface area contributed by atoms with Crippen LogP contribution in [0.15, 0.2) is 53.4 Å². The fourth-order valence-corrected chi connectivity index (χ4v) is 5.27. The topological polar surface area (TPSA) is 117 Å². The molecule has 224 valence electrons. The average Bonchev–Trinajstić information content (AvgIpc) is 2.89. The van der Waals surface area contributed by atoms with Gasteiger partial charge in [-0.1, -0.05) is 17.7 Å². The minimum absolute atomic E-state index is 0.0525. The van der Waals surface area contributed by atoms with Gasteiger partial charge in [-0.25, -0.2) is 18.0 Å². The number of sulfonamides is 1. The molecule has 0 bridgehead atoms. The number of nitrogens with zero attached hydrogens (tertiary/aromatic N) is 4. The minimum atomic E-state index is -3.97. The van der Waals surface area contributed by atoms with Crippen LogP contribution in [0.2, 0.25) is 0 Å². The molecule has 0 N–H and O–H groups in total. The van der Waals surface area contributed by atoms with Gasteiger partial charge in [-0.15, -0.1) is 0 Å². The van der Waals surface area contributed by atoms with Crippen LogP contribution in [-0.4, -0.2) is 99.0 Å². The number of rotatable bonds is 8. The molecule has 12 heteroatoms. The van der Waals surface area contributed by atoms with Gasteiger partial charge in [-0.05, 0) is 78.1 Å². The summed E-state index contributed by atoms with van der Waals surface area (Å²) in [6.07, 6.45) is -0.469. The highest BCUT2D eigenvalue weighted by atomic mass is 32.2. The number of esters is 1. The number of hydrogen-bond donors (Lipinski definition) is 0. The molecule has 1 saturated heterocycles. The van der Waals surface area contributed by atoms with Gasteiger partial charge in [-0.2, -0.15) is 4.31 Å². The van der Waals surface area contributed by atoms with Crippen molar-refractivity contribution in [2.24, 2.45) is 0 Å². The first-order valence-corrected chi connectivity index (χ1v) is 14.9. The van der Waals surface area contributed by atoms with Crippen LogP contribution in [0.25, 0.3) is 0 Å². The van der Waals surface area contributed by atoms with Gasteiger partial charge in [0.25, 0.3) is 0 Å². The van der Waals surface area contributed by atoms with Gasteiger partial charge in [0.2, 0.25) is 15.9 Å². The molecule has 2 aromatic carbocycles. The summed E-state index contributed by atoms with van der Waals surface area (Å²) < 4.78 is 38.2. The van der Waals surface area contributed by atoms with Gasteiger partial charge >= 0.3 is 12.1 Å². The van der Waals surface area contributed by atoms with E-state index in [1.165, 1.54) is 43.1 Å². The number of anilines is 1. The third kappa shape index (κ3) is 8.51. The Labute approximate surface area is 242 Å². The second kappa shape index (κ2) is 13.0. The lowest BCUT2D eigenvalue weighted by atomic mass is 10.1. The molecule has 0 aliphatic carbocycles. The van der Waals surface area contributed by atoms with E-state index in [0.29, 0.717) is 18.8 Å². The van der Waals surface area contributed by atoms with Crippen LogP contribution in [0.1, 0.15) is 33.3 Å². The number of ether oxygens (including phenoxy) is 2. The smallest absolute Gasteiger partial charge is 0.415 e. The first-order chi connectivity index (χ1) is 19.1. The SMILES string of the molecule is Cc1ccc(S(=O)(=O)N(C)CC(=O)N(c2ccc(OC(=O)N3CCN(C)CC3)cc2)[C@@H](C)C(=O)OC(C)(C)C)cc1. The summed E-state index contributed by atoms with van der Waals surface area (Å²) in [5, 5.41) is 0. The molecule has 2 amide bonds. The maximum absolute atomic E-state index is 13.6. The number of amides is 2. The molecule has 1 fully saturated rings. The molecular weight excluding hydrogens is 548 g/mol. The van der Waals surface area contributed by atoms with Crippen molar-refractivity contribution >= 4 is 33.7 Å². The number of carbonyl (C=O) groups is 3. The third-order valence-corrected chi connectivity index (χ3v) is 8.39. The number of aryl methyl sites for hydroxylation is 1. The zero-order chi connectivity index (χ0) is 30.5. The molecule has 0 radical (unpaired) electrons. The molecule has 3 rings (SSSR count). The van der Waals surface area contributed by atoms with Crippen molar-refractivity contribution < 1.29 is 32.3 Å². The summed E-state index contributed by atoms with van der Waals surface area (Å²) >= 11 is 0. The van der Waals surface area contributed by atoms with E-state index in [1.54, 1.807) is 49.9 Å². The molecule has 1 atom stereocenters. The van der Waals surface area contributed by atoms with E-state index in [0.717, 1.165) is 23.0 Å². The van der Waals surface area contributed by atoms with Crippen LogP contribution in [0, 0.1) is 6.92 Å². The van der Waals surface area contributed by atoms with Crippen molar-refractivity contribution in [3.63, 3.8) is 0 Å². The molecule has 0 unspecified atom stereocenters. The fraction of sp³-hybridized carbons (Fsp3) is 0.483. The summed E-state index contributed by atoms with van der Waals surface area (Å²) in [5.41, 5.74) is 0.416. The molecule has 1 heterocycles. The van der Waals surface area contributed by atoms with Crippen molar-refractivity contribution in [3.05, 3.63) is 54.1 Å². The Hall–Kier alpha value is -3.48. The van der Waals surface area contributed by atoms with Crippen molar-refractivity contribution in [3.8, 4) is 5.75 Å². The Morgan fingerprint density at radius 2 is 1.51 bits per heavy atom. The van der Waals surface area contributed by atoms with Crippen molar-refractivity contribution in [1.82, 2.24) is 14.1 Å². The van der Waals surface area contributed by atoms with Gasteiger partial charge in [0.05, 0.1) is 11.4 Å². The van der Waals surface area contributed by atoms with Crippen LogP contribution < -0.4 is 9.64 Å². The van der Waals surface area contributed by atoms with Crippen LogP contribution in [0.4, 0.5) is 10.5 Å². The fourth-order valence-electron chi connectivity index (χ4n) is 4.15. The summed E-state index contributed by atoms with van der Waals surface area (Å²) in [7, 11) is -0.673. The summed E-state index contributed by atoms with van der Waals surface area (Å²) in [6, 6.07) is 11.4. The van der Waals surface area contributed by atoms with Gasteiger partial charge in [0, 0.05) is 38.9 Å². The van der Waals surface area contributed by atoms with E-state index in [-0.39, 0.29) is 10.6 Å². The molecule has 2 aromatic rings. The number of benzene rings is 2. The lowest BCUT2D eigenvalue weighted by Crippen LogP contribution is -2.49. The molecule has 1 aliphatic heterocycles. The van der Waals surface area contributed by atoms with Gasteiger partial charge in [0.15, 0.2) is 0 Å². The van der Waals surface area contributed by atoms with Gasteiger partial charge in [-0.3, -0.25) is 9.69 Å². The molecular formula is C29H40N4O7S. The Balaban J connectivity index is 1.83. The summed E-state index contributed by atoms with van der Waals surface area (Å²) in [4.78, 5) is 44.2. The van der Waals surface area contributed by atoms with Crippen LogP contribution in [0.5, 0.6) is 5.75 Å². The average molecular weight is 589 g/mol. The predicted octanol–water partition coefficient (Wildman–Crippen LogP) is 3.13. The quantitative estimate of drug-likeness (QED) is 0.432. The molecule has 0 aromatic heterocycles. The van der Waals surface area contributed by atoms with E-state index >= 15 is 0 Å². The lowest BCUT2D eigenvalue weighted by molar-refractivity contribution is -0.156. The van der Waals surface area contributed by atoms with Crippen molar-refractivity contribution in [2.45, 2.75) is 51.2 Å². The Kier molecular flexibility index (Phi) is 10.2. The highest BCUT2D eigenvalue weighted by molar-refractivity contribution is 7.89. The Bertz CT molecular complexity index is 1330. The number of hydrogen-bond acceptors (Lipinski definition) is 8. The predicted molar refractivity (Wildman–Crippen MR) is 155 cm³/mol. The Morgan fingerprint density at radius 3 is 2.05 bits per heavy atom. The Morgan fingerprint density at radius 1 is 0.951 bits per heavy atom. The van der Waals surface area contributed by atoms with E-state index in [2.05, 4.69) is 4.90 Å². The maximum atomic E-state index is 13.6. The van der Waals surface area contributed by atoms with Crippen LogP contribution in [-0.2, 0) is 24.3 Å². The molecule has 0 spiro atoms. The van der Waals surface area contributed by atoms with E-state index < -0.39 is 46.2 Å². The number of piperazine rings is 1. The van der Waals surface area contributed by atoms with Crippen LogP contribution in [0.3, 0.4) is 0 Å². The zero-order valence-corrected chi connectivity index (χ0v) is 25.6. The van der Waals surface area contributed by atoms with Crippen molar-refractivity contribution in [2.75, 3.05) is 51.7 Å². The molecule has 0 saturated carbocycles. The highest BCUT2D eigenvalue weighted by Crippen LogP contribution is 2.25.